The van der Waals surface area contributed by atoms with Crippen LogP contribution >= 0.6 is 23.4 Å². The highest BCUT2D eigenvalue weighted by Gasteiger charge is 2.18. The van der Waals surface area contributed by atoms with Gasteiger partial charge in [0.05, 0.1) is 16.6 Å². The predicted octanol–water partition coefficient (Wildman–Crippen LogP) is 1.46. The van der Waals surface area contributed by atoms with Crippen molar-refractivity contribution in [3.8, 4) is 0 Å². The summed E-state index contributed by atoms with van der Waals surface area (Å²) < 4.78 is 1.34. The van der Waals surface area contributed by atoms with Crippen molar-refractivity contribution in [3.63, 3.8) is 0 Å². The van der Waals surface area contributed by atoms with Crippen LogP contribution in [0.4, 0.5) is 11.4 Å². The average molecular weight is 328 g/mol. The van der Waals surface area contributed by atoms with Crippen LogP contribution in [0, 0.1) is 0 Å². The number of H-pyrrole nitrogens is 1. The zero-order valence-corrected chi connectivity index (χ0v) is 13.0. The summed E-state index contributed by atoms with van der Waals surface area (Å²) in [5.41, 5.74) is 6.33. The fourth-order valence-corrected chi connectivity index (χ4v) is 2.51. The number of thioether (sulfide) groups is 1. The fourth-order valence-electron chi connectivity index (χ4n) is 1.52. The first-order valence-corrected chi connectivity index (χ1v) is 7.28. The lowest BCUT2D eigenvalue weighted by atomic mass is 10.2. The fraction of sp³-hybridized carbons (Fsp3) is 0.250. The number of nitrogens with zero attached hydrogens (tertiary/aromatic N) is 2. The van der Waals surface area contributed by atoms with Crippen LogP contribution in [0.25, 0.3) is 0 Å². The molecule has 112 valence electrons. The molecule has 0 aliphatic carbocycles. The molecule has 0 saturated carbocycles. The molecule has 1 unspecified atom stereocenters. The van der Waals surface area contributed by atoms with Gasteiger partial charge in [-0.05, 0) is 25.1 Å². The van der Waals surface area contributed by atoms with Crippen molar-refractivity contribution < 1.29 is 4.79 Å². The van der Waals surface area contributed by atoms with Crippen LogP contribution in [0.3, 0.4) is 0 Å². The second kappa shape index (κ2) is 6.23. The standard InChI is InChI=1S/C12H14ClN5O2S/c1-6(21-12-17-16-11(20)18(12)2)10(19)15-9-5-7(13)3-4-8(9)14/h3-6H,14H2,1-2H3,(H,15,19)(H,16,20). The zero-order chi connectivity index (χ0) is 15.6. The molecule has 0 aliphatic heterocycles. The van der Waals surface area contributed by atoms with E-state index in [-0.39, 0.29) is 11.6 Å². The minimum atomic E-state index is -0.461. The maximum atomic E-state index is 12.1. The van der Waals surface area contributed by atoms with E-state index >= 15 is 0 Å². The van der Waals surface area contributed by atoms with Crippen molar-refractivity contribution in [2.75, 3.05) is 11.1 Å². The first-order chi connectivity index (χ1) is 9.88. The lowest BCUT2D eigenvalue weighted by Crippen LogP contribution is -2.23. The van der Waals surface area contributed by atoms with E-state index in [4.69, 9.17) is 17.3 Å². The summed E-state index contributed by atoms with van der Waals surface area (Å²) in [6, 6.07) is 4.84. The van der Waals surface area contributed by atoms with Gasteiger partial charge in [0, 0.05) is 12.1 Å². The molecule has 0 aliphatic rings. The number of aromatic nitrogens is 3. The molecular formula is C12H14ClN5O2S. The van der Waals surface area contributed by atoms with Crippen molar-refractivity contribution in [3.05, 3.63) is 33.7 Å². The van der Waals surface area contributed by atoms with E-state index in [1.165, 1.54) is 4.57 Å². The zero-order valence-electron chi connectivity index (χ0n) is 11.4. The van der Waals surface area contributed by atoms with Gasteiger partial charge in [-0.25, -0.2) is 9.89 Å². The topological polar surface area (TPSA) is 106 Å². The minimum absolute atomic E-state index is 0.260. The highest BCUT2D eigenvalue weighted by atomic mass is 35.5. The van der Waals surface area contributed by atoms with Gasteiger partial charge in [-0.15, -0.1) is 5.10 Å². The summed E-state index contributed by atoms with van der Waals surface area (Å²) in [4.78, 5) is 23.4. The third kappa shape index (κ3) is 3.59. The summed E-state index contributed by atoms with van der Waals surface area (Å²) in [7, 11) is 1.58. The Labute approximate surface area is 129 Å². The molecule has 0 saturated heterocycles. The quantitative estimate of drug-likeness (QED) is 0.582. The van der Waals surface area contributed by atoms with Gasteiger partial charge in [0.25, 0.3) is 0 Å². The Hall–Kier alpha value is -1.93. The van der Waals surface area contributed by atoms with E-state index in [0.29, 0.717) is 21.6 Å². The van der Waals surface area contributed by atoms with Crippen molar-refractivity contribution in [2.24, 2.45) is 7.05 Å². The molecule has 1 aromatic heterocycles. The molecule has 0 spiro atoms. The minimum Gasteiger partial charge on any atom is -0.397 e. The van der Waals surface area contributed by atoms with E-state index in [1.54, 1.807) is 32.2 Å². The number of hydrogen-bond donors (Lipinski definition) is 3. The molecule has 1 amide bonds. The second-order valence-corrected chi connectivity index (χ2v) is 6.10. The maximum Gasteiger partial charge on any atom is 0.343 e. The van der Waals surface area contributed by atoms with Gasteiger partial charge in [0.15, 0.2) is 5.16 Å². The van der Waals surface area contributed by atoms with Gasteiger partial charge in [0.2, 0.25) is 5.91 Å². The van der Waals surface area contributed by atoms with Crippen LogP contribution in [-0.4, -0.2) is 25.9 Å². The number of nitrogens with one attached hydrogen (secondary N) is 2. The molecule has 21 heavy (non-hydrogen) atoms. The lowest BCUT2D eigenvalue weighted by molar-refractivity contribution is -0.115. The Balaban J connectivity index is 2.07. The van der Waals surface area contributed by atoms with Crippen LogP contribution < -0.4 is 16.7 Å². The number of benzene rings is 1. The number of rotatable bonds is 4. The monoisotopic (exact) mass is 327 g/mol. The van der Waals surface area contributed by atoms with Crippen molar-refractivity contribution in [1.29, 1.82) is 0 Å². The average Bonchev–Trinajstić information content (AvgIpc) is 2.74. The van der Waals surface area contributed by atoms with Crippen LogP contribution in [0.1, 0.15) is 6.92 Å². The molecule has 7 nitrogen and oxygen atoms in total. The molecule has 2 rings (SSSR count). The number of nitrogen functional groups attached to an aromatic ring is 1. The Morgan fingerprint density at radius 2 is 2.29 bits per heavy atom. The molecule has 1 heterocycles. The second-order valence-electron chi connectivity index (χ2n) is 4.35. The number of amides is 1. The molecule has 1 aromatic carbocycles. The summed E-state index contributed by atoms with van der Waals surface area (Å²) >= 11 is 7.03. The highest BCUT2D eigenvalue weighted by Crippen LogP contribution is 2.25. The largest absolute Gasteiger partial charge is 0.397 e. The first-order valence-electron chi connectivity index (χ1n) is 6.02. The van der Waals surface area contributed by atoms with Crippen LogP contribution in [-0.2, 0) is 11.8 Å². The van der Waals surface area contributed by atoms with Crippen molar-refractivity contribution in [1.82, 2.24) is 14.8 Å². The summed E-state index contributed by atoms with van der Waals surface area (Å²) in [6.45, 7) is 1.71. The van der Waals surface area contributed by atoms with Crippen molar-refractivity contribution in [2.45, 2.75) is 17.3 Å². The summed E-state index contributed by atoms with van der Waals surface area (Å²) in [5.74, 6) is -0.260. The number of halogens is 1. The lowest BCUT2D eigenvalue weighted by Gasteiger charge is -2.12. The molecule has 0 bridgehead atoms. The Morgan fingerprint density at radius 3 is 2.90 bits per heavy atom. The number of nitrogens with two attached hydrogens (primary N) is 1. The summed E-state index contributed by atoms with van der Waals surface area (Å²) in [5, 5.41) is 9.31. The van der Waals surface area contributed by atoms with E-state index < -0.39 is 5.25 Å². The normalized spacial score (nSPS) is 12.1. The highest BCUT2D eigenvalue weighted by molar-refractivity contribution is 8.00. The number of hydrogen-bond acceptors (Lipinski definition) is 5. The van der Waals surface area contributed by atoms with Crippen molar-refractivity contribution >= 4 is 40.6 Å². The number of carbonyl (C=O) groups excluding carboxylic acids is 1. The molecule has 0 fully saturated rings. The SMILES string of the molecule is CC(Sc1n[nH]c(=O)n1C)C(=O)Nc1cc(Cl)ccc1N. The van der Waals surface area contributed by atoms with Crippen LogP contribution in [0.15, 0.2) is 28.2 Å². The number of carbonyl (C=O) groups is 1. The van der Waals surface area contributed by atoms with Gasteiger partial charge in [-0.2, -0.15) is 0 Å². The maximum absolute atomic E-state index is 12.1. The Kier molecular flexibility index (Phi) is 4.59. The van der Waals surface area contributed by atoms with E-state index in [1.807, 2.05) is 0 Å². The molecule has 0 radical (unpaired) electrons. The third-order valence-corrected chi connectivity index (χ3v) is 4.14. The first kappa shape index (κ1) is 15.5. The van der Waals surface area contributed by atoms with Gasteiger partial charge >= 0.3 is 5.69 Å². The van der Waals surface area contributed by atoms with Gasteiger partial charge in [0.1, 0.15) is 0 Å². The van der Waals surface area contributed by atoms with E-state index in [9.17, 15) is 9.59 Å². The Morgan fingerprint density at radius 1 is 1.57 bits per heavy atom. The predicted molar refractivity (Wildman–Crippen MR) is 83.6 cm³/mol. The van der Waals surface area contributed by atoms with Crippen LogP contribution in [0.5, 0.6) is 0 Å². The Bertz CT molecular complexity index is 727. The summed E-state index contributed by atoms with van der Waals surface area (Å²) in [6.07, 6.45) is 0. The molecule has 1 atom stereocenters. The molecular weight excluding hydrogens is 314 g/mol. The van der Waals surface area contributed by atoms with Crippen LogP contribution in [0.2, 0.25) is 5.02 Å². The third-order valence-electron chi connectivity index (χ3n) is 2.76. The number of aromatic amines is 1. The van der Waals surface area contributed by atoms with Gasteiger partial charge in [-0.3, -0.25) is 9.36 Å². The molecule has 4 N–H and O–H groups in total. The number of anilines is 2. The smallest absolute Gasteiger partial charge is 0.343 e. The van der Waals surface area contributed by atoms with E-state index in [0.717, 1.165) is 11.8 Å². The van der Waals surface area contributed by atoms with Gasteiger partial charge in [-0.1, -0.05) is 23.4 Å². The molecule has 9 heteroatoms. The molecule has 2 aromatic rings. The van der Waals surface area contributed by atoms with Gasteiger partial charge < -0.3 is 11.1 Å². The van der Waals surface area contributed by atoms with E-state index in [2.05, 4.69) is 15.5 Å².